The van der Waals surface area contributed by atoms with Gasteiger partial charge in [-0.1, -0.05) is 140 Å². The normalized spacial score (nSPS) is 23.1. The predicted octanol–water partition coefficient (Wildman–Crippen LogP) is 7.64. The number of aliphatic hydroxyl groups excluding tert-OH is 4. The van der Waals surface area contributed by atoms with E-state index in [0.29, 0.717) is 94.9 Å². The lowest BCUT2D eigenvalue weighted by Crippen LogP contribution is -2.40. The highest BCUT2D eigenvalue weighted by molar-refractivity contribution is 5.85. The average molecular weight is 1220 g/mol. The molecular formula is C69H88ClN9O9. The van der Waals surface area contributed by atoms with E-state index in [1.54, 1.807) is 7.11 Å². The number of hydrogen-bond acceptors (Lipinski definition) is 17. The maximum absolute atomic E-state index is 12.2. The second-order valence-electron chi connectivity index (χ2n) is 23.3. The average Bonchev–Trinajstić information content (AvgIpc) is 3.52. The number of aliphatic hydroxyl groups is 4. The number of hydrogen-bond donors (Lipinski definition) is 6. The number of morpholine rings is 2. The predicted molar refractivity (Wildman–Crippen MR) is 347 cm³/mol. The number of halogens is 1. The third-order valence-corrected chi connectivity index (χ3v) is 17.3. The molecule has 19 heteroatoms. The number of rotatable bonds is 16. The van der Waals surface area contributed by atoms with Crippen molar-refractivity contribution in [3.63, 3.8) is 0 Å². The van der Waals surface area contributed by atoms with E-state index < -0.39 is 12.2 Å². The second kappa shape index (κ2) is 33.5. The van der Waals surface area contributed by atoms with Crippen LogP contribution < -0.4 is 39.9 Å². The van der Waals surface area contributed by atoms with E-state index in [9.17, 15) is 25.2 Å². The zero-order valence-corrected chi connectivity index (χ0v) is 51.4. The number of methoxy groups -OCH3 is 1. The molecule has 2 aromatic heterocycles. The first kappa shape index (κ1) is 65.3. The standard InChI is InChI=1S/C27H32N4O4.C19H24N4O3.C12H16O.C11H15NO.ClH/c1-33-22-9-7-21(8-10-22)19-35-26-18-25(30-13-15-34-16-14-30)28-27(29-26)31-12-11-24(32)23(31)17-20-5-3-2-4-6-20;24-16-6-7-23(15(16)12-14-4-2-1-3-5-14)19-20-17(13-18(25)21-19)22-8-10-26-11-9-22;13-12-8-4-7-11(12)9-10-5-2-1-3-6-10;13-11-6-7-12-10(11)8-9-4-2-1-3-5-9;/h2-10,18,23-24,32H,11-17,19H2,1H3;1-5,13,15-16,24H,6-12H2,(H,20,21,25);1-3,5-6,11-13H,4,7-9H2;1-5,10-13H,6-8H2;1H/t23-,24-;15-,16-;11-,12-;10-,11-;/m0000./s1. The van der Waals surface area contributed by atoms with Gasteiger partial charge in [0.25, 0.3) is 5.56 Å². The molecular weight excluding hydrogens is 1130 g/mol. The highest BCUT2D eigenvalue weighted by Gasteiger charge is 2.37. The van der Waals surface area contributed by atoms with Crippen molar-refractivity contribution in [2.24, 2.45) is 5.92 Å². The van der Waals surface area contributed by atoms with Gasteiger partial charge in [0.1, 0.15) is 24.0 Å². The fraction of sp³-hybridized carbons (Fsp3) is 0.449. The van der Waals surface area contributed by atoms with Crippen LogP contribution in [0.2, 0.25) is 0 Å². The molecule has 7 aromatic rings. The summed E-state index contributed by atoms with van der Waals surface area (Å²) in [5.41, 5.74) is 5.85. The summed E-state index contributed by atoms with van der Waals surface area (Å²) in [7, 11) is 1.65. The molecule has 0 unspecified atom stereocenters. The number of aromatic amines is 1. The lowest BCUT2D eigenvalue weighted by atomic mass is 9.96. The Kier molecular flexibility index (Phi) is 24.8. The number of benzene rings is 5. The molecule has 6 N–H and O–H groups in total. The van der Waals surface area contributed by atoms with Gasteiger partial charge in [0, 0.05) is 57.4 Å². The lowest BCUT2D eigenvalue weighted by Gasteiger charge is -2.30. The minimum atomic E-state index is -0.437. The molecule has 470 valence electrons. The molecule has 0 amide bonds. The number of ether oxygens (including phenoxy) is 4. The SMILES string of the molecule is COc1ccc(COc2cc(N3CCOCC3)nc(N3CC[C@H](O)[C@@H]3Cc3ccccc3)n2)cc1.Cl.O=c1cc(N2CCOCC2)nc(N2CC[C@H](O)[C@@H]2Cc2ccccc2)[nH]1.O[C@H]1CCC[C@H]1Cc1ccccc1.O[C@H]1CCN[C@H]1Cc1ccccc1. The van der Waals surface area contributed by atoms with Crippen LogP contribution in [0.1, 0.15) is 66.3 Å². The molecule has 6 fully saturated rings. The van der Waals surface area contributed by atoms with Gasteiger partial charge in [-0.15, -0.1) is 12.4 Å². The fourth-order valence-electron chi connectivity index (χ4n) is 12.4. The van der Waals surface area contributed by atoms with Gasteiger partial charge in [0.2, 0.25) is 17.8 Å². The zero-order chi connectivity index (χ0) is 60.2. The molecule has 88 heavy (non-hydrogen) atoms. The molecule has 0 bridgehead atoms. The molecule has 1 saturated carbocycles. The Balaban J connectivity index is 0.000000151. The molecule has 8 atom stereocenters. The first-order chi connectivity index (χ1) is 42.6. The molecule has 1 aliphatic carbocycles. The monoisotopic (exact) mass is 1220 g/mol. The van der Waals surface area contributed by atoms with Crippen LogP contribution in [0.25, 0.3) is 0 Å². The van der Waals surface area contributed by atoms with E-state index in [1.807, 2.05) is 95.9 Å². The van der Waals surface area contributed by atoms with Crippen LogP contribution in [0.15, 0.2) is 163 Å². The molecule has 5 saturated heterocycles. The van der Waals surface area contributed by atoms with Gasteiger partial charge in [-0.2, -0.15) is 15.0 Å². The third-order valence-electron chi connectivity index (χ3n) is 17.3. The molecule has 6 aliphatic rings. The maximum Gasteiger partial charge on any atom is 0.254 e. The number of anilines is 4. The van der Waals surface area contributed by atoms with Gasteiger partial charge < -0.3 is 64.3 Å². The fourth-order valence-corrected chi connectivity index (χ4v) is 12.4. The van der Waals surface area contributed by atoms with Crippen LogP contribution in [-0.4, -0.2) is 162 Å². The minimum Gasteiger partial charge on any atom is -0.497 e. The summed E-state index contributed by atoms with van der Waals surface area (Å²) in [5, 5.41) is 43.8. The van der Waals surface area contributed by atoms with Crippen molar-refractivity contribution in [3.8, 4) is 11.6 Å². The maximum atomic E-state index is 12.2. The summed E-state index contributed by atoms with van der Waals surface area (Å²) >= 11 is 0. The van der Waals surface area contributed by atoms with Crippen LogP contribution in [-0.2, 0) is 41.8 Å². The van der Waals surface area contributed by atoms with Crippen molar-refractivity contribution in [3.05, 3.63) is 196 Å². The largest absolute Gasteiger partial charge is 0.497 e. The smallest absolute Gasteiger partial charge is 0.254 e. The van der Waals surface area contributed by atoms with Crippen molar-refractivity contribution >= 4 is 35.9 Å². The zero-order valence-electron chi connectivity index (χ0n) is 50.6. The summed E-state index contributed by atoms with van der Waals surface area (Å²) < 4.78 is 22.3. The molecule has 5 aromatic carbocycles. The Morgan fingerprint density at radius 2 is 1.03 bits per heavy atom. The second-order valence-corrected chi connectivity index (χ2v) is 23.3. The summed E-state index contributed by atoms with van der Waals surface area (Å²) in [4.78, 5) is 37.9. The molecule has 5 aliphatic heterocycles. The first-order valence-electron chi connectivity index (χ1n) is 31.2. The Morgan fingerprint density at radius 1 is 0.523 bits per heavy atom. The number of H-pyrrole nitrogens is 1. The van der Waals surface area contributed by atoms with Crippen molar-refractivity contribution in [2.75, 3.05) is 99.0 Å². The Morgan fingerprint density at radius 3 is 1.55 bits per heavy atom. The van der Waals surface area contributed by atoms with E-state index in [4.69, 9.17) is 33.9 Å². The molecule has 13 rings (SSSR count). The van der Waals surface area contributed by atoms with Crippen LogP contribution in [0.5, 0.6) is 11.6 Å². The number of nitrogens with one attached hydrogen (secondary N) is 2. The minimum absolute atomic E-state index is 0. The van der Waals surface area contributed by atoms with Gasteiger partial charge in [-0.3, -0.25) is 9.78 Å². The Hall–Kier alpha value is -7.13. The molecule has 0 spiro atoms. The van der Waals surface area contributed by atoms with E-state index in [0.717, 1.165) is 87.5 Å². The van der Waals surface area contributed by atoms with Crippen LogP contribution in [0.4, 0.5) is 23.5 Å². The van der Waals surface area contributed by atoms with E-state index in [-0.39, 0.29) is 48.3 Å². The van der Waals surface area contributed by atoms with E-state index in [2.05, 4.69) is 85.7 Å². The Bertz CT molecular complexity index is 3130. The van der Waals surface area contributed by atoms with Gasteiger partial charge in [-0.25, -0.2) is 0 Å². The summed E-state index contributed by atoms with van der Waals surface area (Å²) in [6.45, 7) is 8.31. The highest BCUT2D eigenvalue weighted by atomic mass is 35.5. The molecule has 18 nitrogen and oxygen atoms in total. The van der Waals surface area contributed by atoms with E-state index in [1.165, 1.54) is 35.6 Å². The quantitative estimate of drug-likeness (QED) is 0.0549. The number of nitrogens with zero attached hydrogens (tertiary/aromatic N) is 7. The first-order valence-corrected chi connectivity index (χ1v) is 31.2. The Labute approximate surface area is 523 Å². The van der Waals surface area contributed by atoms with Gasteiger partial charge in [0.15, 0.2) is 0 Å². The van der Waals surface area contributed by atoms with E-state index >= 15 is 0 Å². The molecule has 7 heterocycles. The van der Waals surface area contributed by atoms with Crippen molar-refractivity contribution < 1.29 is 39.4 Å². The summed E-state index contributed by atoms with van der Waals surface area (Å²) in [5.74, 6) is 4.46. The topological polar surface area (TPSA) is 214 Å². The third kappa shape index (κ3) is 18.7. The van der Waals surface area contributed by atoms with Crippen molar-refractivity contribution in [1.29, 1.82) is 0 Å². The van der Waals surface area contributed by atoms with Crippen molar-refractivity contribution in [1.82, 2.24) is 25.3 Å². The van der Waals surface area contributed by atoms with Crippen LogP contribution in [0.3, 0.4) is 0 Å². The lowest BCUT2D eigenvalue weighted by molar-refractivity contribution is 0.122. The van der Waals surface area contributed by atoms with Crippen molar-refractivity contribution in [2.45, 2.75) is 113 Å². The van der Waals surface area contributed by atoms with Crippen LogP contribution in [0, 0.1) is 5.92 Å². The summed E-state index contributed by atoms with van der Waals surface area (Å²) in [6, 6.07) is 52.4. The van der Waals surface area contributed by atoms with Gasteiger partial charge in [-0.05, 0) is 110 Å². The number of aromatic nitrogens is 4. The van der Waals surface area contributed by atoms with Gasteiger partial charge in [0.05, 0.1) is 70.0 Å². The summed E-state index contributed by atoms with van der Waals surface area (Å²) in [6.07, 6.45) is 7.95. The molecule has 0 radical (unpaired) electrons. The highest BCUT2D eigenvalue weighted by Crippen LogP contribution is 2.32. The van der Waals surface area contributed by atoms with Gasteiger partial charge >= 0.3 is 0 Å². The van der Waals surface area contributed by atoms with Crippen LogP contribution >= 0.6 is 12.4 Å².